The summed E-state index contributed by atoms with van der Waals surface area (Å²) in [6, 6.07) is 6.63. The molecule has 0 fully saturated rings. The summed E-state index contributed by atoms with van der Waals surface area (Å²) in [5.41, 5.74) is -1.04. The Labute approximate surface area is 157 Å². The molecule has 0 saturated carbocycles. The van der Waals surface area contributed by atoms with Gasteiger partial charge in [0.1, 0.15) is 11.3 Å². The van der Waals surface area contributed by atoms with Gasteiger partial charge >= 0.3 is 5.97 Å². The van der Waals surface area contributed by atoms with Crippen LogP contribution in [0, 0.1) is 17.2 Å². The van der Waals surface area contributed by atoms with E-state index in [-0.39, 0.29) is 16.7 Å². The lowest BCUT2D eigenvalue weighted by Crippen LogP contribution is -2.50. The number of nitrogens with one attached hydrogen (secondary N) is 1. The van der Waals surface area contributed by atoms with Gasteiger partial charge in [0.2, 0.25) is 0 Å². The maximum absolute atomic E-state index is 11.9. The molecule has 0 aliphatic carbocycles. The number of benzene rings is 1. The Bertz CT molecular complexity index is 688. The molecule has 0 aliphatic rings. The molecule has 0 heterocycles. The number of halogens is 2. The number of rotatable bonds is 7. The third-order valence-corrected chi connectivity index (χ3v) is 4.19. The van der Waals surface area contributed by atoms with Crippen molar-refractivity contribution in [2.45, 2.75) is 39.3 Å². The number of hydrogen-bond donors (Lipinski definition) is 1. The van der Waals surface area contributed by atoms with Gasteiger partial charge in [-0.25, -0.2) is 4.79 Å². The van der Waals surface area contributed by atoms with Crippen LogP contribution < -0.4 is 10.1 Å². The fourth-order valence-corrected chi connectivity index (χ4v) is 2.14. The standard InChI is InChI=1S/C17H20Cl2N2O4/c1-10(2)17(4,9-20)21-15(22)8-24-16(23)11(3)25-14-6-5-12(18)7-13(14)19/h5-7,10-11H,8H2,1-4H3,(H,21,22)/t11-,17-/m0/s1. The summed E-state index contributed by atoms with van der Waals surface area (Å²) in [7, 11) is 0. The first-order valence-corrected chi connectivity index (χ1v) is 8.35. The second-order valence-electron chi connectivity index (χ2n) is 5.96. The van der Waals surface area contributed by atoms with Crippen molar-refractivity contribution in [3.8, 4) is 11.8 Å². The van der Waals surface area contributed by atoms with Crippen molar-refractivity contribution < 1.29 is 19.1 Å². The first kappa shape index (κ1) is 21.1. The van der Waals surface area contributed by atoms with Crippen LogP contribution in [0.2, 0.25) is 10.0 Å². The van der Waals surface area contributed by atoms with Gasteiger partial charge in [-0.15, -0.1) is 0 Å². The molecule has 6 nitrogen and oxygen atoms in total. The highest BCUT2D eigenvalue weighted by Crippen LogP contribution is 2.28. The van der Waals surface area contributed by atoms with Crippen LogP contribution in [-0.4, -0.2) is 30.1 Å². The topological polar surface area (TPSA) is 88.4 Å². The van der Waals surface area contributed by atoms with Crippen LogP contribution >= 0.6 is 23.2 Å². The molecule has 136 valence electrons. The van der Waals surface area contributed by atoms with Gasteiger partial charge in [-0.05, 0) is 38.0 Å². The second-order valence-corrected chi connectivity index (χ2v) is 6.80. The van der Waals surface area contributed by atoms with E-state index >= 15 is 0 Å². The molecule has 0 saturated heterocycles. The number of nitrogens with zero attached hydrogens (tertiary/aromatic N) is 1. The molecule has 1 rings (SSSR count). The van der Waals surface area contributed by atoms with Crippen LogP contribution in [0.25, 0.3) is 0 Å². The van der Waals surface area contributed by atoms with Crippen LogP contribution in [0.5, 0.6) is 5.75 Å². The fraction of sp³-hybridized carbons (Fsp3) is 0.471. The molecule has 0 spiro atoms. The van der Waals surface area contributed by atoms with Gasteiger partial charge in [0.25, 0.3) is 5.91 Å². The Morgan fingerprint density at radius 1 is 1.32 bits per heavy atom. The van der Waals surface area contributed by atoms with E-state index in [1.54, 1.807) is 26.8 Å². The Morgan fingerprint density at radius 3 is 2.48 bits per heavy atom. The zero-order valence-electron chi connectivity index (χ0n) is 14.4. The van der Waals surface area contributed by atoms with Gasteiger partial charge in [-0.2, -0.15) is 5.26 Å². The molecular formula is C17H20Cl2N2O4. The molecule has 0 radical (unpaired) electrons. The Hall–Kier alpha value is -1.97. The summed E-state index contributed by atoms with van der Waals surface area (Å²) in [6.07, 6.45) is -0.973. The summed E-state index contributed by atoms with van der Waals surface area (Å²) in [4.78, 5) is 23.8. The summed E-state index contributed by atoms with van der Waals surface area (Å²) in [6.45, 7) is 6.18. The lowest BCUT2D eigenvalue weighted by atomic mass is 9.90. The summed E-state index contributed by atoms with van der Waals surface area (Å²) in [5.74, 6) is -1.13. The van der Waals surface area contributed by atoms with E-state index in [0.717, 1.165) is 0 Å². The lowest BCUT2D eigenvalue weighted by molar-refractivity contribution is -0.155. The Kier molecular flexibility index (Phi) is 7.53. The third kappa shape index (κ3) is 6.11. The molecule has 8 heteroatoms. The summed E-state index contributed by atoms with van der Waals surface area (Å²) >= 11 is 11.8. The smallest absolute Gasteiger partial charge is 0.347 e. The fourth-order valence-electron chi connectivity index (χ4n) is 1.69. The van der Waals surface area contributed by atoms with Crippen LogP contribution in [0.1, 0.15) is 27.7 Å². The normalized spacial score (nSPS) is 14.2. The predicted octanol–water partition coefficient (Wildman–Crippen LogP) is 3.36. The van der Waals surface area contributed by atoms with Gasteiger partial charge in [-0.3, -0.25) is 4.79 Å². The average molecular weight is 387 g/mol. The first-order chi connectivity index (χ1) is 11.6. The monoisotopic (exact) mass is 386 g/mol. The number of esters is 1. The van der Waals surface area contributed by atoms with Crippen molar-refractivity contribution in [2.75, 3.05) is 6.61 Å². The van der Waals surface area contributed by atoms with E-state index in [4.69, 9.17) is 37.9 Å². The quantitative estimate of drug-likeness (QED) is 0.725. The molecule has 1 aromatic rings. The van der Waals surface area contributed by atoms with Crippen LogP contribution in [-0.2, 0) is 14.3 Å². The number of amides is 1. The zero-order chi connectivity index (χ0) is 19.2. The lowest BCUT2D eigenvalue weighted by Gasteiger charge is -2.27. The van der Waals surface area contributed by atoms with Crippen molar-refractivity contribution in [1.29, 1.82) is 5.26 Å². The van der Waals surface area contributed by atoms with Gasteiger partial charge in [0, 0.05) is 5.02 Å². The molecule has 0 aliphatic heterocycles. The van der Waals surface area contributed by atoms with Gasteiger partial charge in [0.15, 0.2) is 12.7 Å². The predicted molar refractivity (Wildman–Crippen MR) is 94.5 cm³/mol. The maximum Gasteiger partial charge on any atom is 0.347 e. The SMILES string of the molecule is CC(C)[C@](C)(C#N)NC(=O)COC(=O)[C@H](C)Oc1ccc(Cl)cc1Cl. The minimum absolute atomic E-state index is 0.105. The molecular weight excluding hydrogens is 367 g/mol. The Morgan fingerprint density at radius 2 is 1.96 bits per heavy atom. The van der Waals surface area contributed by atoms with Gasteiger partial charge in [-0.1, -0.05) is 37.0 Å². The average Bonchev–Trinajstić information content (AvgIpc) is 2.54. The van der Waals surface area contributed by atoms with Crippen molar-refractivity contribution >= 4 is 35.1 Å². The highest BCUT2D eigenvalue weighted by Gasteiger charge is 2.30. The summed E-state index contributed by atoms with van der Waals surface area (Å²) in [5, 5.41) is 12.4. The Balaban J connectivity index is 2.56. The minimum atomic E-state index is -1.04. The molecule has 0 bridgehead atoms. The molecule has 0 aromatic heterocycles. The zero-order valence-corrected chi connectivity index (χ0v) is 15.9. The largest absolute Gasteiger partial charge is 0.477 e. The second kappa shape index (κ2) is 8.93. The molecule has 2 atom stereocenters. The molecule has 1 aromatic carbocycles. The van der Waals surface area contributed by atoms with E-state index in [1.165, 1.54) is 19.1 Å². The van der Waals surface area contributed by atoms with E-state index in [2.05, 4.69) is 5.32 Å². The van der Waals surface area contributed by atoms with Gasteiger partial charge in [0.05, 0.1) is 11.1 Å². The highest BCUT2D eigenvalue weighted by molar-refractivity contribution is 6.35. The van der Waals surface area contributed by atoms with E-state index in [0.29, 0.717) is 5.02 Å². The van der Waals surface area contributed by atoms with Crippen molar-refractivity contribution in [3.63, 3.8) is 0 Å². The van der Waals surface area contributed by atoms with Crippen LogP contribution in [0.15, 0.2) is 18.2 Å². The molecule has 1 amide bonds. The number of carbonyl (C=O) groups excluding carboxylic acids is 2. The third-order valence-electron chi connectivity index (χ3n) is 3.66. The maximum atomic E-state index is 11.9. The highest BCUT2D eigenvalue weighted by atomic mass is 35.5. The van der Waals surface area contributed by atoms with E-state index in [1.807, 2.05) is 6.07 Å². The number of ether oxygens (including phenoxy) is 2. The summed E-state index contributed by atoms with van der Waals surface area (Å²) < 4.78 is 10.3. The minimum Gasteiger partial charge on any atom is -0.477 e. The first-order valence-electron chi connectivity index (χ1n) is 7.59. The van der Waals surface area contributed by atoms with E-state index in [9.17, 15) is 9.59 Å². The number of carbonyl (C=O) groups is 2. The van der Waals surface area contributed by atoms with Crippen molar-refractivity contribution in [1.82, 2.24) is 5.32 Å². The van der Waals surface area contributed by atoms with Crippen molar-refractivity contribution in [2.24, 2.45) is 5.92 Å². The van der Waals surface area contributed by atoms with Crippen LogP contribution in [0.3, 0.4) is 0 Å². The molecule has 0 unspecified atom stereocenters. The van der Waals surface area contributed by atoms with Crippen molar-refractivity contribution in [3.05, 3.63) is 28.2 Å². The van der Waals surface area contributed by atoms with E-state index < -0.39 is 30.1 Å². The number of hydrogen-bond acceptors (Lipinski definition) is 5. The van der Waals surface area contributed by atoms with Gasteiger partial charge < -0.3 is 14.8 Å². The molecule has 1 N–H and O–H groups in total. The number of nitriles is 1. The van der Waals surface area contributed by atoms with Crippen LogP contribution in [0.4, 0.5) is 0 Å². The molecule has 25 heavy (non-hydrogen) atoms.